The molecule has 0 bridgehead atoms. The quantitative estimate of drug-likeness (QED) is 0.378. The molecule has 0 saturated heterocycles. The normalized spacial score (nSPS) is 11.1. The molecule has 0 unspecified atom stereocenters. The van der Waals surface area contributed by atoms with E-state index in [1.165, 1.54) is 9.75 Å². The van der Waals surface area contributed by atoms with E-state index in [0.29, 0.717) is 0 Å². The van der Waals surface area contributed by atoms with Crippen LogP contribution in [0.25, 0.3) is 0 Å². The van der Waals surface area contributed by atoms with Crippen LogP contribution in [0.4, 0.5) is 0 Å². The zero-order valence-corrected chi connectivity index (χ0v) is 17.6. The number of aromatic nitrogens is 1. The van der Waals surface area contributed by atoms with Crippen molar-refractivity contribution in [2.45, 2.75) is 26.9 Å². The smallest absolute Gasteiger partial charge is 0.191 e. The first-order valence-corrected chi connectivity index (χ1v) is 8.62. The van der Waals surface area contributed by atoms with Gasteiger partial charge in [-0.25, -0.2) is 4.98 Å². The van der Waals surface area contributed by atoms with E-state index in [-0.39, 0.29) is 24.0 Å². The molecule has 2 N–H and O–H groups in total. The Bertz CT molecular complexity index is 609. The third kappa shape index (κ3) is 5.84. The van der Waals surface area contributed by atoms with E-state index in [9.17, 15) is 0 Å². The first kappa shape index (κ1) is 18.9. The molecule has 0 atom stereocenters. The van der Waals surface area contributed by atoms with Gasteiger partial charge in [0.05, 0.1) is 27.6 Å². The van der Waals surface area contributed by atoms with Crippen LogP contribution in [0, 0.1) is 13.8 Å². The highest BCUT2D eigenvalue weighted by molar-refractivity contribution is 14.0. The van der Waals surface area contributed by atoms with E-state index in [1.54, 1.807) is 29.7 Å². The van der Waals surface area contributed by atoms with Crippen molar-refractivity contribution in [1.29, 1.82) is 0 Å². The fraction of sp³-hybridized carbons (Fsp3) is 0.385. The third-order valence-corrected chi connectivity index (χ3v) is 5.40. The number of aryl methyl sites for hydroxylation is 2. The van der Waals surface area contributed by atoms with Crippen molar-refractivity contribution >= 4 is 68.5 Å². The van der Waals surface area contributed by atoms with Crippen molar-refractivity contribution in [2.24, 2.45) is 4.99 Å². The van der Waals surface area contributed by atoms with Crippen LogP contribution >= 0.6 is 62.6 Å². The van der Waals surface area contributed by atoms with E-state index in [0.717, 1.165) is 33.5 Å². The molecular weight excluding hydrogens is 483 g/mol. The number of thiophene rings is 1. The lowest BCUT2D eigenvalue weighted by molar-refractivity contribution is 0.818. The van der Waals surface area contributed by atoms with Gasteiger partial charge in [-0.05, 0) is 41.9 Å². The molecule has 4 nitrogen and oxygen atoms in total. The number of hydrogen-bond acceptors (Lipinski definition) is 4. The molecule has 0 amide bonds. The lowest BCUT2D eigenvalue weighted by Gasteiger charge is -2.10. The zero-order valence-electron chi connectivity index (χ0n) is 12.1. The SMILES string of the molecule is CN=C(NCc1ccc(Br)s1)NCc1sc(C)nc1C.I. The summed E-state index contributed by atoms with van der Waals surface area (Å²) in [7, 11) is 1.78. The minimum Gasteiger partial charge on any atom is -0.352 e. The molecule has 2 aromatic rings. The Kier molecular flexibility index (Phi) is 8.14. The van der Waals surface area contributed by atoms with Crippen molar-refractivity contribution in [2.75, 3.05) is 7.05 Å². The Hall–Kier alpha value is -0.190. The van der Waals surface area contributed by atoms with Gasteiger partial charge in [0.2, 0.25) is 0 Å². The standard InChI is InChI=1S/C13H17BrN4S2.HI/c1-8-11(19-9(2)18-8)7-17-13(15-3)16-6-10-4-5-12(14)20-10;/h4-5H,6-7H2,1-3H3,(H2,15,16,17);1H. The van der Waals surface area contributed by atoms with E-state index >= 15 is 0 Å². The molecule has 0 radical (unpaired) electrons. The Balaban J connectivity index is 0.00000220. The van der Waals surface area contributed by atoms with Crippen molar-refractivity contribution in [1.82, 2.24) is 15.6 Å². The molecule has 116 valence electrons. The number of nitrogens with one attached hydrogen (secondary N) is 2. The number of guanidine groups is 1. The van der Waals surface area contributed by atoms with Crippen LogP contribution in [0.3, 0.4) is 0 Å². The second kappa shape index (κ2) is 9.06. The Morgan fingerprint density at radius 1 is 1.24 bits per heavy atom. The fourth-order valence-corrected chi connectivity index (χ4v) is 4.04. The van der Waals surface area contributed by atoms with Gasteiger partial charge < -0.3 is 10.6 Å². The van der Waals surface area contributed by atoms with Gasteiger partial charge >= 0.3 is 0 Å². The van der Waals surface area contributed by atoms with Gasteiger partial charge in [-0.15, -0.1) is 46.7 Å². The molecule has 2 aromatic heterocycles. The summed E-state index contributed by atoms with van der Waals surface area (Å²) in [6.07, 6.45) is 0. The molecule has 2 heterocycles. The summed E-state index contributed by atoms with van der Waals surface area (Å²) in [5.41, 5.74) is 1.10. The minimum absolute atomic E-state index is 0. The molecule has 0 aliphatic carbocycles. The first-order chi connectivity index (χ1) is 9.58. The van der Waals surface area contributed by atoms with E-state index in [4.69, 9.17) is 0 Å². The summed E-state index contributed by atoms with van der Waals surface area (Å²) in [5.74, 6) is 0.806. The van der Waals surface area contributed by atoms with Gasteiger partial charge in [0.1, 0.15) is 0 Å². The summed E-state index contributed by atoms with van der Waals surface area (Å²) in [5, 5.41) is 7.73. The van der Waals surface area contributed by atoms with Crippen LogP contribution in [0.5, 0.6) is 0 Å². The van der Waals surface area contributed by atoms with Crippen LogP contribution in [0.1, 0.15) is 20.5 Å². The highest BCUT2D eigenvalue weighted by Crippen LogP contribution is 2.21. The predicted molar refractivity (Wildman–Crippen MR) is 106 cm³/mol. The van der Waals surface area contributed by atoms with Crippen molar-refractivity contribution in [3.8, 4) is 0 Å². The molecular formula is C13H18BrIN4S2. The predicted octanol–water partition coefficient (Wildman–Crippen LogP) is 4.07. The number of aliphatic imine (C=N–C) groups is 1. The molecule has 0 aliphatic heterocycles. The lowest BCUT2D eigenvalue weighted by atomic mass is 10.4. The lowest BCUT2D eigenvalue weighted by Crippen LogP contribution is -2.36. The molecule has 0 aliphatic rings. The Morgan fingerprint density at radius 2 is 1.95 bits per heavy atom. The molecule has 8 heteroatoms. The van der Waals surface area contributed by atoms with Gasteiger partial charge in [0.15, 0.2) is 5.96 Å². The monoisotopic (exact) mass is 500 g/mol. The average Bonchev–Trinajstić information content (AvgIpc) is 2.96. The van der Waals surface area contributed by atoms with Crippen LogP contribution in [-0.2, 0) is 13.1 Å². The minimum atomic E-state index is 0. The van der Waals surface area contributed by atoms with Crippen molar-refractivity contribution < 1.29 is 0 Å². The summed E-state index contributed by atoms with van der Waals surface area (Å²) in [6, 6.07) is 4.16. The molecule has 0 fully saturated rings. The molecule has 0 saturated carbocycles. The molecule has 0 aromatic carbocycles. The second-order valence-corrected chi connectivity index (χ2v) is 8.06. The van der Waals surface area contributed by atoms with Gasteiger partial charge in [0, 0.05) is 16.8 Å². The highest BCUT2D eigenvalue weighted by atomic mass is 127. The van der Waals surface area contributed by atoms with Crippen molar-refractivity contribution in [3.05, 3.63) is 36.4 Å². The summed E-state index contributed by atoms with van der Waals surface area (Å²) >= 11 is 6.92. The summed E-state index contributed by atoms with van der Waals surface area (Å²) in [6.45, 7) is 5.60. The van der Waals surface area contributed by atoms with Gasteiger partial charge in [-0.2, -0.15) is 0 Å². The van der Waals surface area contributed by atoms with Crippen LogP contribution < -0.4 is 10.6 Å². The maximum atomic E-state index is 4.43. The number of rotatable bonds is 4. The fourth-order valence-electron chi connectivity index (χ4n) is 1.74. The molecule has 2 rings (SSSR count). The molecule has 21 heavy (non-hydrogen) atoms. The van der Waals surface area contributed by atoms with E-state index in [2.05, 4.69) is 48.7 Å². The third-order valence-electron chi connectivity index (χ3n) is 2.70. The topological polar surface area (TPSA) is 49.3 Å². The van der Waals surface area contributed by atoms with Crippen LogP contribution in [0.2, 0.25) is 0 Å². The number of hydrogen-bond donors (Lipinski definition) is 2. The van der Waals surface area contributed by atoms with E-state index < -0.39 is 0 Å². The second-order valence-electron chi connectivity index (χ2n) is 4.23. The van der Waals surface area contributed by atoms with E-state index in [1.807, 2.05) is 13.8 Å². The maximum Gasteiger partial charge on any atom is 0.191 e. The van der Waals surface area contributed by atoms with Gasteiger partial charge in [-0.3, -0.25) is 4.99 Å². The number of nitrogens with zero attached hydrogens (tertiary/aromatic N) is 2. The maximum absolute atomic E-state index is 4.43. The van der Waals surface area contributed by atoms with Gasteiger partial charge in [-0.1, -0.05) is 0 Å². The van der Waals surface area contributed by atoms with Crippen LogP contribution in [0.15, 0.2) is 20.9 Å². The Labute approximate surface area is 158 Å². The summed E-state index contributed by atoms with van der Waals surface area (Å²) < 4.78 is 1.15. The number of thiazole rings is 1. The van der Waals surface area contributed by atoms with Crippen LogP contribution in [-0.4, -0.2) is 18.0 Å². The van der Waals surface area contributed by atoms with Crippen molar-refractivity contribution in [3.63, 3.8) is 0 Å². The largest absolute Gasteiger partial charge is 0.352 e. The summed E-state index contributed by atoms with van der Waals surface area (Å²) in [4.78, 5) is 11.2. The Morgan fingerprint density at radius 3 is 2.48 bits per heavy atom. The highest BCUT2D eigenvalue weighted by Gasteiger charge is 2.06. The number of halogens is 2. The molecule has 0 spiro atoms. The van der Waals surface area contributed by atoms with Gasteiger partial charge in [0.25, 0.3) is 0 Å². The zero-order chi connectivity index (χ0) is 14.5. The first-order valence-electron chi connectivity index (χ1n) is 6.20. The average molecular weight is 501 g/mol.